The van der Waals surface area contributed by atoms with E-state index in [2.05, 4.69) is 10.4 Å². The largest absolute Gasteiger partial charge is 0.368 e. The predicted octanol–water partition coefficient (Wildman–Crippen LogP) is 0.744. The van der Waals surface area contributed by atoms with Crippen LogP contribution in [-0.2, 0) is 11.3 Å². The fourth-order valence-corrected chi connectivity index (χ4v) is 1.86. The fraction of sp³-hybridized carbons (Fsp3) is 0.667. The number of nitrogens with two attached hydrogens (primary N) is 1. The van der Waals surface area contributed by atoms with Crippen molar-refractivity contribution in [2.24, 2.45) is 5.73 Å². The molecule has 1 aromatic rings. The number of carbonyl (C=O) groups is 1. The van der Waals surface area contributed by atoms with Crippen LogP contribution in [-0.4, -0.2) is 28.3 Å². The molecule has 17 heavy (non-hydrogen) atoms. The highest BCUT2D eigenvalue weighted by molar-refractivity contribution is 5.84. The summed E-state index contributed by atoms with van der Waals surface area (Å²) < 4.78 is 1.96. The lowest BCUT2D eigenvalue weighted by atomic mass is 9.95. The second-order valence-electron chi connectivity index (χ2n) is 4.70. The molecule has 0 aliphatic carbocycles. The quantitative estimate of drug-likeness (QED) is 0.768. The molecular formula is C12H22N4O. The van der Waals surface area contributed by atoms with Crippen LogP contribution in [0.15, 0.2) is 6.07 Å². The van der Waals surface area contributed by atoms with Crippen molar-refractivity contribution in [3.8, 4) is 0 Å². The van der Waals surface area contributed by atoms with Gasteiger partial charge in [-0.1, -0.05) is 0 Å². The van der Waals surface area contributed by atoms with Gasteiger partial charge in [0.25, 0.3) is 0 Å². The molecule has 1 aromatic heterocycles. The molecule has 96 valence electrons. The van der Waals surface area contributed by atoms with Gasteiger partial charge in [0.15, 0.2) is 0 Å². The first kappa shape index (κ1) is 13.7. The number of primary amides is 1. The molecule has 1 amide bonds. The number of hydrogen-bond acceptors (Lipinski definition) is 3. The van der Waals surface area contributed by atoms with Crippen molar-refractivity contribution in [1.82, 2.24) is 15.1 Å². The number of nitrogens with zero attached hydrogens (tertiary/aromatic N) is 2. The monoisotopic (exact) mass is 238 g/mol. The van der Waals surface area contributed by atoms with E-state index in [1.54, 1.807) is 7.05 Å². The van der Waals surface area contributed by atoms with Crippen LogP contribution >= 0.6 is 0 Å². The van der Waals surface area contributed by atoms with Crippen molar-refractivity contribution in [1.29, 1.82) is 0 Å². The first-order valence-electron chi connectivity index (χ1n) is 5.89. The summed E-state index contributed by atoms with van der Waals surface area (Å²) >= 11 is 0. The van der Waals surface area contributed by atoms with Crippen molar-refractivity contribution >= 4 is 5.91 Å². The van der Waals surface area contributed by atoms with Gasteiger partial charge in [0, 0.05) is 12.2 Å². The molecule has 0 spiro atoms. The van der Waals surface area contributed by atoms with Crippen LogP contribution < -0.4 is 11.1 Å². The highest BCUT2D eigenvalue weighted by atomic mass is 16.1. The average Bonchev–Trinajstić information content (AvgIpc) is 2.57. The smallest absolute Gasteiger partial charge is 0.237 e. The third kappa shape index (κ3) is 3.30. The maximum absolute atomic E-state index is 11.3. The maximum atomic E-state index is 11.3. The van der Waals surface area contributed by atoms with Gasteiger partial charge in [0.1, 0.15) is 0 Å². The van der Waals surface area contributed by atoms with Gasteiger partial charge in [-0.25, -0.2) is 0 Å². The van der Waals surface area contributed by atoms with Crippen LogP contribution in [0.2, 0.25) is 0 Å². The van der Waals surface area contributed by atoms with Crippen molar-refractivity contribution in [2.75, 3.05) is 7.05 Å². The molecule has 0 fully saturated rings. The Morgan fingerprint density at radius 3 is 2.65 bits per heavy atom. The van der Waals surface area contributed by atoms with Crippen molar-refractivity contribution in [3.63, 3.8) is 0 Å². The summed E-state index contributed by atoms with van der Waals surface area (Å²) in [6.07, 6.45) is 1.57. The summed E-state index contributed by atoms with van der Waals surface area (Å²) in [5, 5.41) is 7.36. The number of aryl methyl sites for hydroxylation is 3. The maximum Gasteiger partial charge on any atom is 0.237 e. The summed E-state index contributed by atoms with van der Waals surface area (Å²) in [5.41, 5.74) is 6.91. The standard InChI is InChI=1S/C12H22N4O/c1-9-8-10(2)16(15-9)7-5-6-12(3,14-4)11(13)17/h8,14H,5-7H2,1-4H3,(H2,13,17). The van der Waals surface area contributed by atoms with Gasteiger partial charge < -0.3 is 11.1 Å². The molecule has 3 N–H and O–H groups in total. The van der Waals surface area contributed by atoms with Gasteiger partial charge in [-0.15, -0.1) is 0 Å². The number of rotatable bonds is 6. The Kier molecular flexibility index (Phi) is 4.28. The molecule has 1 atom stereocenters. The molecule has 0 radical (unpaired) electrons. The Balaban J connectivity index is 2.52. The second kappa shape index (κ2) is 5.31. The Hall–Kier alpha value is -1.36. The highest BCUT2D eigenvalue weighted by Gasteiger charge is 2.28. The molecular weight excluding hydrogens is 216 g/mol. The highest BCUT2D eigenvalue weighted by Crippen LogP contribution is 2.13. The fourth-order valence-electron chi connectivity index (χ4n) is 1.86. The molecule has 1 unspecified atom stereocenters. The molecule has 0 aromatic carbocycles. The van der Waals surface area contributed by atoms with Crippen LogP contribution in [0.1, 0.15) is 31.2 Å². The van der Waals surface area contributed by atoms with E-state index in [4.69, 9.17) is 5.73 Å². The predicted molar refractivity (Wildman–Crippen MR) is 67.6 cm³/mol. The Labute approximate surface area is 102 Å². The van der Waals surface area contributed by atoms with E-state index in [1.807, 2.05) is 31.5 Å². The van der Waals surface area contributed by atoms with E-state index in [-0.39, 0.29) is 5.91 Å². The van der Waals surface area contributed by atoms with E-state index in [1.165, 1.54) is 0 Å². The van der Waals surface area contributed by atoms with Gasteiger partial charge in [-0.3, -0.25) is 9.48 Å². The Morgan fingerprint density at radius 1 is 1.59 bits per heavy atom. The molecule has 1 heterocycles. The lowest BCUT2D eigenvalue weighted by molar-refractivity contribution is -0.123. The third-order valence-electron chi connectivity index (χ3n) is 3.25. The van der Waals surface area contributed by atoms with Gasteiger partial charge in [-0.05, 0) is 46.7 Å². The number of nitrogens with one attached hydrogen (secondary N) is 1. The SMILES string of the molecule is CNC(C)(CCCn1nc(C)cc1C)C(N)=O. The number of aromatic nitrogens is 2. The van der Waals surface area contributed by atoms with E-state index in [0.29, 0.717) is 6.42 Å². The molecule has 0 bridgehead atoms. The van der Waals surface area contributed by atoms with Gasteiger partial charge in [-0.2, -0.15) is 5.10 Å². The minimum Gasteiger partial charge on any atom is -0.368 e. The first-order chi connectivity index (χ1) is 7.89. The minimum absolute atomic E-state index is 0.312. The molecule has 5 nitrogen and oxygen atoms in total. The van der Waals surface area contributed by atoms with Gasteiger partial charge >= 0.3 is 0 Å². The minimum atomic E-state index is -0.629. The van der Waals surface area contributed by atoms with Crippen molar-refractivity contribution < 1.29 is 4.79 Å². The van der Waals surface area contributed by atoms with Crippen LogP contribution in [0.5, 0.6) is 0 Å². The van der Waals surface area contributed by atoms with Crippen molar-refractivity contribution in [3.05, 3.63) is 17.5 Å². The van der Waals surface area contributed by atoms with E-state index >= 15 is 0 Å². The first-order valence-corrected chi connectivity index (χ1v) is 5.89. The molecule has 0 saturated carbocycles. The molecule has 0 aliphatic rings. The third-order valence-corrected chi connectivity index (χ3v) is 3.25. The number of likely N-dealkylation sites (N-methyl/N-ethyl adjacent to an activating group) is 1. The average molecular weight is 238 g/mol. The lowest BCUT2D eigenvalue weighted by Gasteiger charge is -2.25. The topological polar surface area (TPSA) is 72.9 Å². The van der Waals surface area contributed by atoms with Gasteiger partial charge in [0.05, 0.1) is 11.2 Å². The molecule has 5 heteroatoms. The Morgan fingerprint density at radius 2 is 2.24 bits per heavy atom. The zero-order valence-corrected chi connectivity index (χ0v) is 11.1. The molecule has 0 saturated heterocycles. The number of carbonyl (C=O) groups excluding carboxylic acids is 1. The number of amides is 1. The van der Waals surface area contributed by atoms with E-state index < -0.39 is 5.54 Å². The molecule has 0 aliphatic heterocycles. The van der Waals surface area contributed by atoms with Crippen molar-refractivity contribution in [2.45, 2.75) is 45.7 Å². The molecule has 1 rings (SSSR count). The Bertz CT molecular complexity index is 399. The van der Waals surface area contributed by atoms with Crippen LogP contribution in [0, 0.1) is 13.8 Å². The van der Waals surface area contributed by atoms with Gasteiger partial charge in [0.2, 0.25) is 5.91 Å². The second-order valence-corrected chi connectivity index (χ2v) is 4.70. The van der Waals surface area contributed by atoms with Crippen LogP contribution in [0.4, 0.5) is 0 Å². The lowest BCUT2D eigenvalue weighted by Crippen LogP contribution is -2.51. The summed E-state index contributed by atoms with van der Waals surface area (Å²) in [6.45, 7) is 6.65. The summed E-state index contributed by atoms with van der Waals surface area (Å²) in [5.74, 6) is -0.312. The van der Waals surface area contributed by atoms with Crippen LogP contribution in [0.3, 0.4) is 0 Å². The normalized spacial score (nSPS) is 14.6. The van der Waals surface area contributed by atoms with E-state index in [0.717, 1.165) is 24.4 Å². The summed E-state index contributed by atoms with van der Waals surface area (Å²) in [6, 6.07) is 2.05. The summed E-state index contributed by atoms with van der Waals surface area (Å²) in [4.78, 5) is 11.3. The zero-order valence-electron chi connectivity index (χ0n) is 11.1. The summed E-state index contributed by atoms with van der Waals surface area (Å²) in [7, 11) is 1.76. The van der Waals surface area contributed by atoms with Crippen LogP contribution in [0.25, 0.3) is 0 Å². The number of hydrogen-bond donors (Lipinski definition) is 2. The van der Waals surface area contributed by atoms with E-state index in [9.17, 15) is 4.79 Å². The zero-order chi connectivity index (χ0) is 13.1.